The summed E-state index contributed by atoms with van der Waals surface area (Å²) in [4.78, 5) is 16.4. The van der Waals surface area contributed by atoms with Crippen molar-refractivity contribution in [3.63, 3.8) is 0 Å². The van der Waals surface area contributed by atoms with E-state index in [1.54, 1.807) is 35.9 Å². The highest BCUT2D eigenvalue weighted by molar-refractivity contribution is 7.94. The van der Waals surface area contributed by atoms with Gasteiger partial charge in [0.2, 0.25) is 0 Å². The van der Waals surface area contributed by atoms with Crippen LogP contribution in [0.15, 0.2) is 76.6 Å². The van der Waals surface area contributed by atoms with Crippen LogP contribution >= 0.6 is 22.7 Å². The highest BCUT2D eigenvalue weighted by Crippen LogP contribution is 2.35. The van der Waals surface area contributed by atoms with E-state index >= 15 is 0 Å². The summed E-state index contributed by atoms with van der Waals surface area (Å²) in [5.41, 5.74) is 3.50. The fourth-order valence-electron chi connectivity index (χ4n) is 4.92. The third-order valence-corrected chi connectivity index (χ3v) is 11.1. The van der Waals surface area contributed by atoms with Gasteiger partial charge in [-0.25, -0.2) is 13.4 Å². The van der Waals surface area contributed by atoms with Gasteiger partial charge < -0.3 is 4.98 Å². The van der Waals surface area contributed by atoms with Crippen molar-refractivity contribution in [2.45, 2.75) is 36.9 Å². The minimum atomic E-state index is -3.62. The first-order chi connectivity index (χ1) is 18.0. The molecule has 1 fully saturated rings. The maximum Gasteiger partial charge on any atom is 0.273 e. The van der Waals surface area contributed by atoms with Crippen LogP contribution in [-0.2, 0) is 16.6 Å². The van der Waals surface area contributed by atoms with E-state index in [1.807, 2.05) is 42.7 Å². The number of aromatic nitrogens is 3. The molecular weight excluding hydrogens is 535 g/mol. The molecule has 0 spiro atoms. The van der Waals surface area contributed by atoms with Gasteiger partial charge in [-0.05, 0) is 61.6 Å². The molecule has 4 aromatic heterocycles. The summed E-state index contributed by atoms with van der Waals surface area (Å²) in [6.45, 7) is 2.99. The third-order valence-electron chi connectivity index (χ3n) is 6.94. The summed E-state index contributed by atoms with van der Waals surface area (Å²) in [6.07, 6.45) is 6.09. The van der Waals surface area contributed by atoms with E-state index in [9.17, 15) is 8.42 Å². The standard InChI is InChI=1S/C27H27N5O2S3.CH4/c1-31(37(33,34)25-9-5-15-35-25)24-8-4-6-20-16-23(30-26(20)24)27-29-17-21(36-27)18-32-13-10-19(11-14-32)22-7-2-3-12-28-22;/h2-9,12,15-17,19,30H,10-11,13-14,18H2,1H3;1H4. The minimum Gasteiger partial charge on any atom is -0.351 e. The lowest BCUT2D eigenvalue weighted by Crippen LogP contribution is -2.32. The Morgan fingerprint density at radius 2 is 1.92 bits per heavy atom. The molecule has 1 N–H and O–H groups in total. The van der Waals surface area contributed by atoms with Gasteiger partial charge in [0.25, 0.3) is 10.0 Å². The van der Waals surface area contributed by atoms with Crippen molar-refractivity contribution in [3.8, 4) is 10.7 Å². The zero-order valence-corrected chi connectivity index (χ0v) is 22.8. The summed E-state index contributed by atoms with van der Waals surface area (Å²) < 4.78 is 27.9. The van der Waals surface area contributed by atoms with Crippen molar-refractivity contribution in [2.75, 3.05) is 24.4 Å². The van der Waals surface area contributed by atoms with Crippen molar-refractivity contribution in [3.05, 3.63) is 82.9 Å². The molecule has 0 aliphatic carbocycles. The largest absolute Gasteiger partial charge is 0.351 e. The van der Waals surface area contributed by atoms with Gasteiger partial charge in [-0.1, -0.05) is 31.7 Å². The molecular formula is C28H31N5O2S3. The zero-order valence-electron chi connectivity index (χ0n) is 20.4. The number of thiophene rings is 1. The highest BCUT2D eigenvalue weighted by Gasteiger charge is 2.25. The molecule has 7 nitrogen and oxygen atoms in total. The van der Waals surface area contributed by atoms with Crippen LogP contribution in [-0.4, -0.2) is 48.4 Å². The van der Waals surface area contributed by atoms with Crippen molar-refractivity contribution in [1.29, 1.82) is 0 Å². The first kappa shape index (κ1) is 26.6. The second-order valence-electron chi connectivity index (χ2n) is 9.27. The van der Waals surface area contributed by atoms with E-state index in [0.29, 0.717) is 15.8 Å². The number of fused-ring (bicyclic) bond motifs is 1. The number of nitrogens with one attached hydrogen (secondary N) is 1. The molecule has 5 aromatic rings. The second-order valence-corrected chi connectivity index (χ2v) is 13.5. The average Bonchev–Trinajstić information content (AvgIpc) is 3.70. The molecule has 198 valence electrons. The smallest absolute Gasteiger partial charge is 0.273 e. The number of hydrogen-bond acceptors (Lipinski definition) is 7. The first-order valence-corrected chi connectivity index (χ1v) is 15.4. The molecule has 1 saturated heterocycles. The van der Waals surface area contributed by atoms with Crippen molar-refractivity contribution < 1.29 is 8.42 Å². The number of sulfonamides is 1. The van der Waals surface area contributed by atoms with Gasteiger partial charge in [-0.3, -0.25) is 14.2 Å². The molecule has 0 amide bonds. The molecule has 0 unspecified atom stereocenters. The Morgan fingerprint density at radius 3 is 2.66 bits per heavy atom. The number of hydrogen-bond donors (Lipinski definition) is 1. The molecule has 6 rings (SSSR count). The van der Waals surface area contributed by atoms with Crippen molar-refractivity contribution >= 4 is 49.3 Å². The topological polar surface area (TPSA) is 82.2 Å². The lowest BCUT2D eigenvalue weighted by atomic mass is 9.93. The Hall–Kier alpha value is -3.05. The number of anilines is 1. The fourth-order valence-corrected chi connectivity index (χ4v) is 8.22. The quantitative estimate of drug-likeness (QED) is 0.241. The van der Waals surface area contributed by atoms with Crippen LogP contribution in [0.1, 0.15) is 36.8 Å². The van der Waals surface area contributed by atoms with Gasteiger partial charge in [-0.15, -0.1) is 22.7 Å². The highest BCUT2D eigenvalue weighted by atomic mass is 32.2. The van der Waals surface area contributed by atoms with Crippen LogP contribution in [0.5, 0.6) is 0 Å². The molecule has 0 atom stereocenters. The number of thiazole rings is 1. The Bertz CT molecular complexity index is 1600. The number of pyridine rings is 1. The minimum absolute atomic E-state index is 0. The predicted octanol–water partition coefficient (Wildman–Crippen LogP) is 6.59. The molecule has 1 aliphatic rings. The van der Waals surface area contributed by atoms with E-state index in [0.717, 1.165) is 54.1 Å². The first-order valence-electron chi connectivity index (χ1n) is 12.2. The second kappa shape index (κ2) is 11.0. The van der Waals surface area contributed by atoms with E-state index in [1.165, 1.54) is 26.2 Å². The molecule has 0 bridgehead atoms. The van der Waals surface area contributed by atoms with Crippen LogP contribution < -0.4 is 4.31 Å². The third kappa shape index (κ3) is 5.13. The van der Waals surface area contributed by atoms with Crippen molar-refractivity contribution in [1.82, 2.24) is 19.9 Å². The normalized spacial score (nSPS) is 15.0. The van der Waals surface area contributed by atoms with Crippen LogP contribution in [0.3, 0.4) is 0 Å². The Kier molecular flexibility index (Phi) is 7.67. The zero-order chi connectivity index (χ0) is 25.4. The number of piperidine rings is 1. The number of benzene rings is 1. The number of nitrogens with zero attached hydrogens (tertiary/aromatic N) is 4. The number of aromatic amines is 1. The molecule has 38 heavy (non-hydrogen) atoms. The molecule has 0 radical (unpaired) electrons. The summed E-state index contributed by atoms with van der Waals surface area (Å²) >= 11 is 2.90. The van der Waals surface area contributed by atoms with E-state index in [4.69, 9.17) is 4.98 Å². The summed E-state index contributed by atoms with van der Waals surface area (Å²) in [5.74, 6) is 0.539. The fraction of sp³-hybridized carbons (Fsp3) is 0.286. The lowest BCUT2D eigenvalue weighted by molar-refractivity contribution is 0.205. The maximum absolute atomic E-state index is 13.1. The van der Waals surface area contributed by atoms with Crippen LogP contribution in [0.2, 0.25) is 0 Å². The van der Waals surface area contributed by atoms with Gasteiger partial charge in [0.1, 0.15) is 9.22 Å². The monoisotopic (exact) mass is 565 g/mol. The number of H-pyrrole nitrogens is 1. The van der Waals surface area contributed by atoms with Crippen LogP contribution in [0, 0.1) is 0 Å². The maximum atomic E-state index is 13.1. The average molecular weight is 566 g/mol. The number of rotatable bonds is 7. The van der Waals surface area contributed by atoms with Gasteiger partial charge in [-0.2, -0.15) is 0 Å². The van der Waals surface area contributed by atoms with Crippen LogP contribution in [0.25, 0.3) is 21.6 Å². The lowest BCUT2D eigenvalue weighted by Gasteiger charge is -2.31. The van der Waals surface area contributed by atoms with Gasteiger partial charge in [0.15, 0.2) is 0 Å². The number of likely N-dealkylation sites (tertiary alicyclic amines) is 1. The molecule has 5 heterocycles. The summed E-state index contributed by atoms with van der Waals surface area (Å²) in [7, 11) is -2.02. The van der Waals surface area contributed by atoms with E-state index in [2.05, 4.69) is 27.0 Å². The molecule has 10 heteroatoms. The predicted molar refractivity (Wildman–Crippen MR) is 158 cm³/mol. The molecule has 1 aromatic carbocycles. The Balaban J connectivity index is 0.00000294. The van der Waals surface area contributed by atoms with Crippen LogP contribution in [0.4, 0.5) is 5.69 Å². The molecule has 1 aliphatic heterocycles. The Morgan fingerprint density at radius 1 is 1.08 bits per heavy atom. The van der Waals surface area contributed by atoms with E-state index < -0.39 is 10.0 Å². The number of para-hydroxylation sites is 1. The summed E-state index contributed by atoms with van der Waals surface area (Å²) in [6, 6.07) is 17.3. The van der Waals surface area contributed by atoms with E-state index in [-0.39, 0.29) is 7.43 Å². The van der Waals surface area contributed by atoms with Gasteiger partial charge in [0.05, 0.1) is 16.9 Å². The van der Waals surface area contributed by atoms with Gasteiger partial charge in [0, 0.05) is 47.9 Å². The summed E-state index contributed by atoms with van der Waals surface area (Å²) in [5, 5.41) is 3.63. The molecule has 0 saturated carbocycles. The Labute approximate surface area is 231 Å². The van der Waals surface area contributed by atoms with Crippen molar-refractivity contribution in [2.24, 2.45) is 0 Å². The van der Waals surface area contributed by atoms with Gasteiger partial charge >= 0.3 is 0 Å². The SMILES string of the molecule is C.CN(c1cccc2cc(-c3ncc(CN4CCC(c5ccccn5)CC4)s3)[nH]c12)S(=O)(=O)c1cccs1.